The van der Waals surface area contributed by atoms with Crippen molar-refractivity contribution >= 4 is 29.1 Å². The van der Waals surface area contributed by atoms with Crippen molar-refractivity contribution in [1.29, 1.82) is 5.26 Å². The molecule has 9 heteroatoms. The quantitative estimate of drug-likeness (QED) is 0.203. The first-order chi connectivity index (χ1) is 22.5. The molecular weight excluding hydrogens is 598 g/mol. The van der Waals surface area contributed by atoms with Crippen LogP contribution in [0.1, 0.15) is 40.8 Å². The summed E-state index contributed by atoms with van der Waals surface area (Å²) in [6.07, 6.45) is 1.78. The highest BCUT2D eigenvalue weighted by atomic mass is 32.1. The van der Waals surface area contributed by atoms with Crippen LogP contribution in [-0.2, 0) is 16.1 Å². The summed E-state index contributed by atoms with van der Waals surface area (Å²) >= 11 is 1.25. The predicted octanol–water partition coefficient (Wildman–Crippen LogP) is 5.39. The Morgan fingerprint density at radius 2 is 1.70 bits per heavy atom. The number of benzene rings is 4. The molecule has 0 bridgehead atoms. The lowest BCUT2D eigenvalue weighted by atomic mass is 9.93. The molecule has 1 aliphatic rings. The second kappa shape index (κ2) is 13.5. The van der Waals surface area contributed by atoms with Crippen LogP contribution in [0.2, 0.25) is 0 Å². The molecular formula is C37H29N3O5S. The molecule has 1 atom stereocenters. The van der Waals surface area contributed by atoms with Gasteiger partial charge in [-0.15, -0.1) is 0 Å². The van der Waals surface area contributed by atoms with Crippen molar-refractivity contribution in [2.75, 3.05) is 13.7 Å². The van der Waals surface area contributed by atoms with Gasteiger partial charge in [0.05, 0.1) is 47.2 Å². The Balaban J connectivity index is 1.45. The Kier molecular flexibility index (Phi) is 8.90. The number of aromatic nitrogens is 1. The Morgan fingerprint density at radius 3 is 2.41 bits per heavy atom. The first-order valence-corrected chi connectivity index (χ1v) is 15.5. The van der Waals surface area contributed by atoms with Gasteiger partial charge in [0.25, 0.3) is 5.56 Å². The fourth-order valence-corrected chi connectivity index (χ4v) is 6.35. The van der Waals surface area contributed by atoms with Crippen LogP contribution in [0.25, 0.3) is 11.8 Å². The van der Waals surface area contributed by atoms with E-state index in [4.69, 9.17) is 19.2 Å². The zero-order valence-electron chi connectivity index (χ0n) is 25.2. The van der Waals surface area contributed by atoms with E-state index in [2.05, 4.69) is 6.07 Å². The summed E-state index contributed by atoms with van der Waals surface area (Å²) in [7, 11) is 1.55. The van der Waals surface area contributed by atoms with Crippen molar-refractivity contribution in [3.8, 4) is 17.6 Å². The van der Waals surface area contributed by atoms with E-state index >= 15 is 0 Å². The summed E-state index contributed by atoms with van der Waals surface area (Å²) < 4.78 is 19.2. The van der Waals surface area contributed by atoms with Crippen LogP contribution in [0.4, 0.5) is 0 Å². The number of thiazole rings is 1. The number of carbonyl (C=O) groups excluding carboxylic acids is 1. The molecule has 0 aliphatic carbocycles. The van der Waals surface area contributed by atoms with Gasteiger partial charge in [0.1, 0.15) is 6.61 Å². The van der Waals surface area contributed by atoms with Gasteiger partial charge in [-0.3, -0.25) is 9.36 Å². The minimum Gasteiger partial charge on any atom is -0.493 e. The van der Waals surface area contributed by atoms with E-state index in [9.17, 15) is 14.9 Å². The maximum Gasteiger partial charge on any atom is 0.338 e. The van der Waals surface area contributed by atoms with Crippen molar-refractivity contribution in [3.63, 3.8) is 0 Å². The molecule has 0 saturated carbocycles. The van der Waals surface area contributed by atoms with Gasteiger partial charge in [0, 0.05) is 11.1 Å². The zero-order chi connectivity index (χ0) is 32.0. The number of rotatable bonds is 9. The molecule has 4 aromatic carbocycles. The van der Waals surface area contributed by atoms with Gasteiger partial charge in [-0.25, -0.2) is 9.79 Å². The molecule has 0 unspecified atom stereocenters. The van der Waals surface area contributed by atoms with E-state index < -0.39 is 12.0 Å². The normalized spacial score (nSPS) is 14.2. The van der Waals surface area contributed by atoms with Crippen LogP contribution in [-0.4, -0.2) is 24.3 Å². The average molecular weight is 628 g/mol. The average Bonchev–Trinajstić information content (AvgIpc) is 3.41. The predicted molar refractivity (Wildman–Crippen MR) is 176 cm³/mol. The second-order valence-electron chi connectivity index (χ2n) is 10.3. The number of methoxy groups -OCH3 is 1. The van der Waals surface area contributed by atoms with Crippen molar-refractivity contribution in [3.05, 3.63) is 156 Å². The third kappa shape index (κ3) is 5.99. The molecule has 2 heterocycles. The van der Waals surface area contributed by atoms with Gasteiger partial charge in [-0.1, -0.05) is 96.3 Å². The first-order valence-electron chi connectivity index (χ1n) is 14.6. The smallest absolute Gasteiger partial charge is 0.338 e. The number of hydrogen-bond acceptors (Lipinski definition) is 8. The number of fused-ring (bicyclic) bond motifs is 1. The first kappa shape index (κ1) is 30.3. The second-order valence-corrected chi connectivity index (χ2v) is 11.3. The number of nitrogens with zero attached hydrogens (tertiary/aromatic N) is 3. The van der Waals surface area contributed by atoms with Gasteiger partial charge >= 0.3 is 5.97 Å². The summed E-state index contributed by atoms with van der Waals surface area (Å²) in [6, 6.07) is 33.0. The SMILES string of the molecule is CCOC(=O)C1=C(c2ccccc2)N=c2s/c(=C\c3ccc(OCc4ccccc4C#N)c(OC)c3)c(=O)n2[C@H]1c1ccccc1. The highest BCUT2D eigenvalue weighted by molar-refractivity contribution is 7.07. The number of nitriles is 1. The molecule has 0 saturated heterocycles. The lowest BCUT2D eigenvalue weighted by Crippen LogP contribution is -2.39. The minimum absolute atomic E-state index is 0.183. The van der Waals surface area contributed by atoms with Crippen LogP contribution in [0.5, 0.6) is 11.5 Å². The van der Waals surface area contributed by atoms with Crippen LogP contribution < -0.4 is 24.4 Å². The maximum atomic E-state index is 14.1. The molecule has 1 aliphatic heterocycles. The molecule has 228 valence electrons. The summed E-state index contributed by atoms with van der Waals surface area (Å²) in [4.78, 5) is 33.1. The number of ether oxygens (including phenoxy) is 3. The topological polar surface area (TPSA) is 103 Å². The molecule has 5 aromatic rings. The van der Waals surface area contributed by atoms with Gasteiger partial charge in [0.15, 0.2) is 16.3 Å². The van der Waals surface area contributed by atoms with E-state index in [0.717, 1.165) is 22.3 Å². The molecule has 46 heavy (non-hydrogen) atoms. The molecule has 0 radical (unpaired) electrons. The highest BCUT2D eigenvalue weighted by Gasteiger charge is 2.35. The van der Waals surface area contributed by atoms with E-state index in [0.29, 0.717) is 37.7 Å². The molecule has 0 fully saturated rings. The fraction of sp³-hybridized carbons (Fsp3) is 0.135. The summed E-state index contributed by atoms with van der Waals surface area (Å²) in [6.45, 7) is 2.13. The molecule has 0 amide bonds. The molecule has 0 spiro atoms. The van der Waals surface area contributed by atoms with E-state index in [1.807, 2.05) is 84.9 Å². The van der Waals surface area contributed by atoms with E-state index in [1.165, 1.54) is 11.3 Å². The van der Waals surface area contributed by atoms with Gasteiger partial charge in [0.2, 0.25) is 0 Å². The number of esters is 1. The summed E-state index contributed by atoms with van der Waals surface area (Å²) in [5, 5.41) is 9.40. The van der Waals surface area contributed by atoms with E-state index in [-0.39, 0.29) is 18.8 Å². The van der Waals surface area contributed by atoms with Gasteiger partial charge in [-0.05, 0) is 42.3 Å². The van der Waals surface area contributed by atoms with Crippen molar-refractivity contribution < 1.29 is 19.0 Å². The third-order valence-corrected chi connectivity index (χ3v) is 8.48. The van der Waals surface area contributed by atoms with Crippen LogP contribution in [0, 0.1) is 11.3 Å². The van der Waals surface area contributed by atoms with Crippen molar-refractivity contribution in [1.82, 2.24) is 4.57 Å². The summed E-state index contributed by atoms with van der Waals surface area (Å²) in [5.41, 5.74) is 4.05. The third-order valence-electron chi connectivity index (χ3n) is 7.50. The Morgan fingerprint density at radius 1 is 0.978 bits per heavy atom. The molecule has 8 nitrogen and oxygen atoms in total. The zero-order valence-corrected chi connectivity index (χ0v) is 26.0. The van der Waals surface area contributed by atoms with Gasteiger partial charge in [-0.2, -0.15) is 5.26 Å². The standard InChI is InChI=1S/C37H29N3O5S/c1-3-44-36(42)32-33(25-12-6-4-7-13-25)39-37-40(34(32)26-14-8-5-9-15-26)35(41)31(46-37)21-24-18-19-29(30(20-24)43-2)45-23-28-17-11-10-16-27(28)22-38/h4-21,34H,3,23H2,1-2H3/b31-21-/t34-/m0/s1. The monoisotopic (exact) mass is 627 g/mol. The molecule has 0 N–H and O–H groups in total. The van der Waals surface area contributed by atoms with Crippen LogP contribution >= 0.6 is 11.3 Å². The maximum absolute atomic E-state index is 14.1. The van der Waals surface area contributed by atoms with Crippen molar-refractivity contribution in [2.45, 2.75) is 19.6 Å². The molecule has 1 aromatic heterocycles. The van der Waals surface area contributed by atoms with Crippen molar-refractivity contribution in [2.24, 2.45) is 4.99 Å². The lowest BCUT2D eigenvalue weighted by Gasteiger charge is -2.25. The molecule has 6 rings (SSSR count). The Hall–Kier alpha value is -5.72. The summed E-state index contributed by atoms with van der Waals surface area (Å²) in [5.74, 6) is 0.463. The number of hydrogen-bond donors (Lipinski definition) is 0. The fourth-order valence-electron chi connectivity index (χ4n) is 5.35. The number of carbonyl (C=O) groups is 1. The van der Waals surface area contributed by atoms with E-state index in [1.54, 1.807) is 42.9 Å². The highest BCUT2D eigenvalue weighted by Crippen LogP contribution is 2.35. The largest absolute Gasteiger partial charge is 0.493 e. The van der Waals surface area contributed by atoms with Crippen LogP contribution in [0.3, 0.4) is 0 Å². The van der Waals surface area contributed by atoms with Crippen LogP contribution in [0.15, 0.2) is 118 Å². The van der Waals surface area contributed by atoms with Gasteiger partial charge < -0.3 is 14.2 Å². The Labute approximate surface area is 269 Å². The Bertz CT molecular complexity index is 2160. The lowest BCUT2D eigenvalue weighted by molar-refractivity contribution is -0.138. The minimum atomic E-state index is -0.740.